The van der Waals surface area contributed by atoms with E-state index >= 15 is 0 Å². The van der Waals surface area contributed by atoms with Crippen molar-refractivity contribution in [3.8, 4) is 0 Å². The van der Waals surface area contributed by atoms with E-state index in [4.69, 9.17) is 0 Å². The number of fused-ring (bicyclic) bond motifs is 1. The topological polar surface area (TPSA) is 64.3 Å². The summed E-state index contributed by atoms with van der Waals surface area (Å²) in [7, 11) is 0. The van der Waals surface area contributed by atoms with Crippen LogP contribution in [0.1, 0.15) is 18.7 Å². The number of imidazole rings is 1. The molecule has 144 valence electrons. The Labute approximate surface area is 166 Å². The SMILES string of the molecule is Cl.Cl.O=C(CCc1nc2ccccc2[nH]1)N1CCC(N2CCNCC2)C1. The number of nitrogens with zero attached hydrogens (tertiary/aromatic N) is 3. The molecule has 2 saturated heterocycles. The molecule has 3 heterocycles. The Morgan fingerprint density at radius 2 is 1.92 bits per heavy atom. The van der Waals surface area contributed by atoms with Crippen molar-refractivity contribution >= 4 is 41.8 Å². The number of halogens is 2. The monoisotopic (exact) mass is 399 g/mol. The largest absolute Gasteiger partial charge is 0.342 e. The first-order valence-electron chi connectivity index (χ1n) is 8.96. The number of aromatic nitrogens is 2. The van der Waals surface area contributed by atoms with Gasteiger partial charge in [-0.2, -0.15) is 0 Å². The van der Waals surface area contributed by atoms with Crippen molar-refractivity contribution in [2.45, 2.75) is 25.3 Å². The number of H-pyrrole nitrogens is 1. The molecule has 1 unspecified atom stereocenters. The lowest BCUT2D eigenvalue weighted by Gasteiger charge is -2.32. The Balaban J connectivity index is 0.00000121. The van der Waals surface area contributed by atoms with Crippen molar-refractivity contribution in [3.05, 3.63) is 30.1 Å². The zero-order valence-electron chi connectivity index (χ0n) is 14.8. The molecule has 2 aliphatic heterocycles. The molecule has 0 spiro atoms. The van der Waals surface area contributed by atoms with Gasteiger partial charge < -0.3 is 15.2 Å². The summed E-state index contributed by atoms with van der Waals surface area (Å²) in [4.78, 5) is 24.9. The van der Waals surface area contributed by atoms with E-state index in [1.807, 2.05) is 29.2 Å². The number of nitrogens with one attached hydrogen (secondary N) is 2. The molecule has 26 heavy (non-hydrogen) atoms. The van der Waals surface area contributed by atoms with Crippen LogP contribution in [0.2, 0.25) is 0 Å². The van der Waals surface area contributed by atoms with E-state index in [1.165, 1.54) is 0 Å². The average molecular weight is 400 g/mol. The molecule has 1 aromatic carbocycles. The summed E-state index contributed by atoms with van der Waals surface area (Å²) >= 11 is 0. The molecular weight excluding hydrogens is 373 g/mol. The Bertz CT molecular complexity index is 683. The van der Waals surface area contributed by atoms with Crippen molar-refractivity contribution in [2.75, 3.05) is 39.3 Å². The van der Waals surface area contributed by atoms with Gasteiger partial charge >= 0.3 is 0 Å². The molecule has 0 radical (unpaired) electrons. The van der Waals surface area contributed by atoms with Gasteiger partial charge in [-0.15, -0.1) is 24.8 Å². The third-order valence-corrected chi connectivity index (χ3v) is 5.20. The molecule has 8 heteroatoms. The lowest BCUT2D eigenvalue weighted by molar-refractivity contribution is -0.130. The maximum atomic E-state index is 12.5. The molecule has 1 aromatic heterocycles. The van der Waals surface area contributed by atoms with Crippen LogP contribution in [0.15, 0.2) is 24.3 Å². The van der Waals surface area contributed by atoms with E-state index in [2.05, 4.69) is 20.2 Å². The Morgan fingerprint density at radius 3 is 2.69 bits per heavy atom. The van der Waals surface area contributed by atoms with E-state index in [-0.39, 0.29) is 30.7 Å². The average Bonchev–Trinajstić information content (AvgIpc) is 3.27. The highest BCUT2D eigenvalue weighted by molar-refractivity contribution is 5.85. The summed E-state index contributed by atoms with van der Waals surface area (Å²) < 4.78 is 0. The molecule has 1 amide bonds. The lowest BCUT2D eigenvalue weighted by Crippen LogP contribution is -2.49. The Hall–Kier alpha value is -1.34. The molecule has 2 aliphatic rings. The van der Waals surface area contributed by atoms with Crippen LogP contribution in [0.3, 0.4) is 0 Å². The minimum Gasteiger partial charge on any atom is -0.342 e. The van der Waals surface area contributed by atoms with Crippen LogP contribution in [0, 0.1) is 0 Å². The van der Waals surface area contributed by atoms with Gasteiger partial charge in [-0.1, -0.05) is 12.1 Å². The van der Waals surface area contributed by atoms with E-state index in [0.717, 1.165) is 62.5 Å². The molecule has 2 N–H and O–H groups in total. The third-order valence-electron chi connectivity index (χ3n) is 5.20. The van der Waals surface area contributed by atoms with E-state index < -0.39 is 0 Å². The number of amides is 1. The molecular formula is C18H27Cl2N5O. The second-order valence-electron chi connectivity index (χ2n) is 6.77. The van der Waals surface area contributed by atoms with Gasteiger partial charge in [-0.3, -0.25) is 9.69 Å². The van der Waals surface area contributed by atoms with Gasteiger partial charge in [0.15, 0.2) is 0 Å². The Morgan fingerprint density at radius 1 is 1.15 bits per heavy atom. The zero-order valence-corrected chi connectivity index (χ0v) is 16.5. The van der Waals surface area contributed by atoms with Gasteiger partial charge in [0.25, 0.3) is 0 Å². The van der Waals surface area contributed by atoms with Crippen molar-refractivity contribution in [2.24, 2.45) is 0 Å². The minimum absolute atomic E-state index is 0. The second-order valence-corrected chi connectivity index (χ2v) is 6.77. The quantitative estimate of drug-likeness (QED) is 0.822. The van der Waals surface area contributed by atoms with Gasteiger partial charge in [0.2, 0.25) is 5.91 Å². The first-order valence-corrected chi connectivity index (χ1v) is 8.96. The summed E-state index contributed by atoms with van der Waals surface area (Å²) in [6, 6.07) is 8.54. The van der Waals surface area contributed by atoms with Crippen LogP contribution in [0.25, 0.3) is 11.0 Å². The number of aryl methyl sites for hydroxylation is 1. The third kappa shape index (κ3) is 4.68. The van der Waals surface area contributed by atoms with Crippen molar-refractivity contribution in [3.63, 3.8) is 0 Å². The zero-order chi connectivity index (χ0) is 16.4. The summed E-state index contributed by atoms with van der Waals surface area (Å²) in [5.41, 5.74) is 2.01. The van der Waals surface area contributed by atoms with Crippen molar-refractivity contribution < 1.29 is 4.79 Å². The van der Waals surface area contributed by atoms with E-state index in [1.54, 1.807) is 0 Å². The number of hydrogen-bond acceptors (Lipinski definition) is 4. The number of benzene rings is 1. The smallest absolute Gasteiger partial charge is 0.223 e. The summed E-state index contributed by atoms with van der Waals surface area (Å²) in [5, 5.41) is 3.39. The molecule has 2 aromatic rings. The highest BCUT2D eigenvalue weighted by Crippen LogP contribution is 2.18. The predicted molar refractivity (Wildman–Crippen MR) is 108 cm³/mol. The number of carbonyl (C=O) groups excluding carboxylic acids is 1. The number of piperazine rings is 1. The fourth-order valence-electron chi connectivity index (χ4n) is 3.82. The van der Waals surface area contributed by atoms with Gasteiger partial charge in [0.1, 0.15) is 5.82 Å². The summed E-state index contributed by atoms with van der Waals surface area (Å²) in [5.74, 6) is 1.16. The van der Waals surface area contributed by atoms with Crippen LogP contribution in [-0.2, 0) is 11.2 Å². The minimum atomic E-state index is 0. The van der Waals surface area contributed by atoms with Crippen LogP contribution < -0.4 is 5.32 Å². The number of aromatic amines is 1. The number of carbonyl (C=O) groups is 1. The van der Waals surface area contributed by atoms with Crippen LogP contribution in [0.4, 0.5) is 0 Å². The summed E-state index contributed by atoms with van der Waals surface area (Å²) in [6.45, 7) is 6.12. The van der Waals surface area contributed by atoms with Gasteiger partial charge in [-0.25, -0.2) is 4.98 Å². The molecule has 4 rings (SSSR count). The predicted octanol–water partition coefficient (Wildman–Crippen LogP) is 1.85. The molecule has 0 bridgehead atoms. The first-order chi connectivity index (χ1) is 11.8. The highest BCUT2D eigenvalue weighted by Gasteiger charge is 2.30. The first kappa shape index (κ1) is 21.0. The van der Waals surface area contributed by atoms with Gasteiger partial charge in [0.05, 0.1) is 11.0 Å². The number of hydrogen-bond donors (Lipinski definition) is 2. The molecule has 6 nitrogen and oxygen atoms in total. The maximum absolute atomic E-state index is 12.5. The standard InChI is InChI=1S/C18H25N5O.2ClH/c24-18(6-5-17-20-15-3-1-2-4-16(15)21-17)23-10-7-14(13-23)22-11-8-19-9-12-22;;/h1-4,14,19H,5-13H2,(H,20,21);2*1H. The summed E-state index contributed by atoms with van der Waals surface area (Å²) in [6.07, 6.45) is 2.33. The number of para-hydroxylation sites is 2. The fraction of sp³-hybridized carbons (Fsp3) is 0.556. The normalized spacial score (nSPS) is 20.6. The molecule has 2 fully saturated rings. The Kier molecular flexibility index (Phi) is 7.70. The van der Waals surface area contributed by atoms with Crippen LogP contribution in [-0.4, -0.2) is 71.0 Å². The molecule has 1 atom stereocenters. The number of likely N-dealkylation sites (tertiary alicyclic amines) is 1. The van der Waals surface area contributed by atoms with E-state index in [0.29, 0.717) is 18.9 Å². The van der Waals surface area contributed by atoms with E-state index in [9.17, 15) is 4.79 Å². The second kappa shape index (κ2) is 9.55. The fourth-order valence-corrected chi connectivity index (χ4v) is 3.82. The number of rotatable bonds is 4. The lowest BCUT2D eigenvalue weighted by atomic mass is 10.2. The van der Waals surface area contributed by atoms with Gasteiger partial charge in [-0.05, 0) is 18.6 Å². The molecule has 0 saturated carbocycles. The highest BCUT2D eigenvalue weighted by atomic mass is 35.5. The maximum Gasteiger partial charge on any atom is 0.223 e. The molecule has 0 aliphatic carbocycles. The van der Waals surface area contributed by atoms with Crippen LogP contribution >= 0.6 is 24.8 Å². The van der Waals surface area contributed by atoms with Gasteiger partial charge in [0, 0.05) is 58.2 Å². The van der Waals surface area contributed by atoms with Crippen molar-refractivity contribution in [1.29, 1.82) is 0 Å². The van der Waals surface area contributed by atoms with Crippen molar-refractivity contribution in [1.82, 2.24) is 25.1 Å². The van der Waals surface area contributed by atoms with Crippen LogP contribution in [0.5, 0.6) is 0 Å².